The van der Waals surface area contributed by atoms with Gasteiger partial charge in [-0.15, -0.1) is 11.3 Å². The first-order valence-corrected chi connectivity index (χ1v) is 8.13. The summed E-state index contributed by atoms with van der Waals surface area (Å²) in [6, 6.07) is 11.7. The van der Waals surface area contributed by atoms with Crippen molar-refractivity contribution in [3.05, 3.63) is 58.7 Å². The summed E-state index contributed by atoms with van der Waals surface area (Å²) in [6.07, 6.45) is 1.72. The van der Waals surface area contributed by atoms with Crippen LogP contribution in [0.25, 0.3) is 21.1 Å². The van der Waals surface area contributed by atoms with Crippen molar-refractivity contribution in [3.8, 4) is 0 Å². The Morgan fingerprint density at radius 3 is 2.70 bits per heavy atom. The molecule has 0 atom stereocenters. The number of fused-ring (bicyclic) bond motifs is 2. The Labute approximate surface area is 137 Å². The first kappa shape index (κ1) is 14.0. The van der Waals surface area contributed by atoms with Gasteiger partial charge in [0.25, 0.3) is 0 Å². The molecule has 0 aliphatic heterocycles. The summed E-state index contributed by atoms with van der Waals surface area (Å²) in [4.78, 5) is 18.8. The summed E-state index contributed by atoms with van der Waals surface area (Å²) >= 11 is 1.36. The average Bonchev–Trinajstić information content (AvgIpc) is 3.04. The zero-order valence-corrected chi connectivity index (χ0v) is 13.6. The highest BCUT2D eigenvalue weighted by atomic mass is 32.1. The van der Waals surface area contributed by atoms with Crippen molar-refractivity contribution in [2.24, 2.45) is 7.05 Å². The molecule has 0 amide bonds. The molecule has 2 N–H and O–H groups in total. The van der Waals surface area contributed by atoms with Crippen LogP contribution in [0.15, 0.2) is 42.6 Å². The van der Waals surface area contributed by atoms with Crippen LogP contribution in [0.1, 0.15) is 20.9 Å². The monoisotopic (exact) mass is 321 g/mol. The van der Waals surface area contributed by atoms with E-state index in [9.17, 15) is 4.79 Å². The molecule has 114 valence electrons. The summed E-state index contributed by atoms with van der Waals surface area (Å²) in [6.45, 7) is 1.97. The van der Waals surface area contributed by atoms with Gasteiger partial charge in [-0.1, -0.05) is 18.2 Å². The number of rotatable bonds is 2. The number of aryl methyl sites for hydroxylation is 1. The second-order valence-corrected chi connectivity index (χ2v) is 6.57. The first-order chi connectivity index (χ1) is 11.1. The number of hydrogen-bond acceptors (Lipinski definition) is 4. The lowest BCUT2D eigenvalue weighted by Crippen LogP contribution is -2.04. The van der Waals surface area contributed by atoms with Crippen LogP contribution in [0.5, 0.6) is 0 Å². The number of carbonyl (C=O) groups excluding carboxylic acids is 1. The van der Waals surface area contributed by atoms with E-state index in [2.05, 4.69) is 4.98 Å². The zero-order valence-electron chi connectivity index (χ0n) is 12.8. The van der Waals surface area contributed by atoms with Crippen molar-refractivity contribution in [1.29, 1.82) is 0 Å². The van der Waals surface area contributed by atoms with Crippen LogP contribution in [0.2, 0.25) is 0 Å². The minimum absolute atomic E-state index is 0.0280. The molecule has 0 bridgehead atoms. The van der Waals surface area contributed by atoms with Gasteiger partial charge in [-0.3, -0.25) is 4.79 Å². The van der Waals surface area contributed by atoms with Gasteiger partial charge in [-0.25, -0.2) is 4.98 Å². The van der Waals surface area contributed by atoms with E-state index in [1.54, 1.807) is 6.20 Å². The lowest BCUT2D eigenvalue weighted by Gasteiger charge is -2.01. The van der Waals surface area contributed by atoms with Crippen LogP contribution in [0.3, 0.4) is 0 Å². The fraction of sp³-hybridized carbons (Fsp3) is 0.111. The maximum absolute atomic E-state index is 13.2. The highest BCUT2D eigenvalue weighted by molar-refractivity contribution is 7.21. The third kappa shape index (κ3) is 1.90. The molecule has 0 aliphatic rings. The molecular formula is C18H15N3OS. The van der Waals surface area contributed by atoms with Gasteiger partial charge in [-0.2, -0.15) is 0 Å². The maximum Gasteiger partial charge on any atom is 0.207 e. The fourth-order valence-electron chi connectivity index (χ4n) is 3.04. The highest BCUT2D eigenvalue weighted by Crippen LogP contribution is 2.36. The van der Waals surface area contributed by atoms with Crippen molar-refractivity contribution in [2.45, 2.75) is 6.92 Å². The summed E-state index contributed by atoms with van der Waals surface area (Å²) < 4.78 is 2.05. The summed E-state index contributed by atoms with van der Waals surface area (Å²) in [5, 5.41) is 1.81. The van der Waals surface area contributed by atoms with E-state index >= 15 is 0 Å². The van der Waals surface area contributed by atoms with E-state index in [-0.39, 0.29) is 5.78 Å². The molecule has 0 fully saturated rings. The molecule has 0 spiro atoms. The lowest BCUT2D eigenvalue weighted by atomic mass is 10.0. The van der Waals surface area contributed by atoms with Crippen molar-refractivity contribution in [1.82, 2.24) is 9.55 Å². The number of hydrogen-bond donors (Lipinski definition) is 1. The number of nitrogens with zero attached hydrogens (tertiary/aromatic N) is 2. The van der Waals surface area contributed by atoms with E-state index in [1.165, 1.54) is 11.3 Å². The number of thiophene rings is 1. The van der Waals surface area contributed by atoms with Gasteiger partial charge in [0.1, 0.15) is 9.71 Å². The molecule has 3 heterocycles. The Morgan fingerprint density at radius 2 is 1.91 bits per heavy atom. The van der Waals surface area contributed by atoms with E-state index in [4.69, 9.17) is 5.73 Å². The number of nitrogens with two attached hydrogens (primary N) is 1. The Kier molecular flexibility index (Phi) is 2.99. The largest absolute Gasteiger partial charge is 0.397 e. The van der Waals surface area contributed by atoms with E-state index in [1.807, 2.05) is 54.9 Å². The molecule has 4 rings (SSSR count). The Hall–Kier alpha value is -2.66. The first-order valence-electron chi connectivity index (χ1n) is 7.31. The van der Waals surface area contributed by atoms with Crippen LogP contribution < -0.4 is 5.73 Å². The number of aromatic nitrogens is 2. The van der Waals surface area contributed by atoms with Gasteiger partial charge >= 0.3 is 0 Å². The van der Waals surface area contributed by atoms with Gasteiger partial charge in [0.05, 0.1) is 11.3 Å². The molecule has 3 aromatic heterocycles. The molecule has 5 heteroatoms. The Balaban J connectivity index is 1.99. The number of benzene rings is 1. The number of para-hydroxylation sites is 1. The average molecular weight is 321 g/mol. The third-order valence-electron chi connectivity index (χ3n) is 4.34. The van der Waals surface area contributed by atoms with Crippen LogP contribution in [0, 0.1) is 6.92 Å². The second-order valence-electron chi connectivity index (χ2n) is 5.57. The standard InChI is InChI=1S/C18H15N3OS/c1-10-14(11-6-3-4-8-13(11)21(10)2)16(22)17-15(19)12-7-5-9-20-18(12)23-17/h3-9H,19H2,1-2H3. The predicted octanol–water partition coefficient (Wildman–Crippen LogP) is 3.91. The maximum atomic E-state index is 13.2. The van der Waals surface area contributed by atoms with Gasteiger partial charge < -0.3 is 10.3 Å². The van der Waals surface area contributed by atoms with Crippen LogP contribution in [-0.2, 0) is 7.05 Å². The van der Waals surface area contributed by atoms with Gasteiger partial charge in [0.2, 0.25) is 5.78 Å². The number of ketones is 1. The number of carbonyl (C=O) groups is 1. The SMILES string of the molecule is Cc1c(C(=O)c2sc3ncccc3c2N)c2ccccc2n1C. The molecule has 0 saturated carbocycles. The molecule has 1 aromatic carbocycles. The number of nitrogen functional groups attached to an aromatic ring is 1. The van der Waals surface area contributed by atoms with Crippen molar-refractivity contribution < 1.29 is 4.79 Å². The Morgan fingerprint density at radius 1 is 1.17 bits per heavy atom. The smallest absolute Gasteiger partial charge is 0.207 e. The number of anilines is 1. The van der Waals surface area contributed by atoms with Crippen molar-refractivity contribution in [3.63, 3.8) is 0 Å². The van der Waals surface area contributed by atoms with E-state index in [0.29, 0.717) is 10.6 Å². The van der Waals surface area contributed by atoms with Gasteiger partial charge in [-0.05, 0) is 25.1 Å². The highest BCUT2D eigenvalue weighted by Gasteiger charge is 2.24. The molecule has 4 nitrogen and oxygen atoms in total. The molecule has 4 aromatic rings. The quantitative estimate of drug-likeness (QED) is 0.569. The predicted molar refractivity (Wildman–Crippen MR) is 95.1 cm³/mol. The van der Waals surface area contributed by atoms with Crippen LogP contribution in [-0.4, -0.2) is 15.3 Å². The molecule has 0 radical (unpaired) electrons. The lowest BCUT2D eigenvalue weighted by molar-refractivity contribution is 0.104. The van der Waals surface area contributed by atoms with Crippen molar-refractivity contribution >= 4 is 43.9 Å². The normalized spacial score (nSPS) is 11.4. The zero-order chi connectivity index (χ0) is 16.1. The topological polar surface area (TPSA) is 60.9 Å². The van der Waals surface area contributed by atoms with Gasteiger partial charge in [0, 0.05) is 35.2 Å². The molecule has 0 unspecified atom stereocenters. The summed E-state index contributed by atoms with van der Waals surface area (Å²) in [7, 11) is 1.98. The van der Waals surface area contributed by atoms with E-state index < -0.39 is 0 Å². The fourth-order valence-corrected chi connectivity index (χ4v) is 4.05. The van der Waals surface area contributed by atoms with Crippen LogP contribution in [0.4, 0.5) is 5.69 Å². The second kappa shape index (κ2) is 4.93. The van der Waals surface area contributed by atoms with Crippen molar-refractivity contribution in [2.75, 3.05) is 5.73 Å². The third-order valence-corrected chi connectivity index (χ3v) is 5.47. The van der Waals surface area contributed by atoms with Crippen LogP contribution >= 0.6 is 11.3 Å². The summed E-state index contributed by atoms with van der Waals surface area (Å²) in [5.41, 5.74) is 9.46. The molecule has 23 heavy (non-hydrogen) atoms. The molecular weight excluding hydrogens is 306 g/mol. The molecule has 0 saturated heterocycles. The minimum atomic E-state index is -0.0280. The molecule has 0 aliphatic carbocycles. The Bertz CT molecular complexity index is 1070. The summed E-state index contributed by atoms with van der Waals surface area (Å²) in [5.74, 6) is -0.0280. The van der Waals surface area contributed by atoms with Gasteiger partial charge in [0.15, 0.2) is 0 Å². The minimum Gasteiger partial charge on any atom is -0.397 e. The van der Waals surface area contributed by atoms with E-state index in [0.717, 1.165) is 32.4 Å². The number of pyridine rings is 1.